The van der Waals surface area contributed by atoms with Crippen molar-refractivity contribution in [2.45, 2.75) is 6.42 Å². The fourth-order valence-corrected chi connectivity index (χ4v) is 1.93. The molecular formula is C12H12ClN5O3. The third-order valence-electron chi connectivity index (χ3n) is 2.80. The van der Waals surface area contributed by atoms with E-state index in [4.69, 9.17) is 17.3 Å². The number of benzene rings is 1. The number of aromatic nitrogens is 2. The van der Waals surface area contributed by atoms with Crippen LogP contribution in [0.25, 0.3) is 0 Å². The van der Waals surface area contributed by atoms with Crippen LogP contribution in [0.15, 0.2) is 24.7 Å². The standard InChI is InChI=1S/C12H12ClN5O3/c13-9-3-7(4-10(11(9)14)18(20)21)12(19)16-2-1-8-5-15-6-17-8/h3-6H,1-2,14H2,(H,15,17)(H,16,19). The van der Waals surface area contributed by atoms with Gasteiger partial charge in [0.1, 0.15) is 5.69 Å². The molecule has 0 unspecified atom stereocenters. The summed E-state index contributed by atoms with van der Waals surface area (Å²) in [6.07, 6.45) is 3.76. The number of aromatic amines is 1. The molecular weight excluding hydrogens is 298 g/mol. The molecule has 0 fully saturated rings. The van der Waals surface area contributed by atoms with E-state index in [-0.39, 0.29) is 22.0 Å². The zero-order valence-corrected chi connectivity index (χ0v) is 11.6. The van der Waals surface area contributed by atoms with E-state index in [0.29, 0.717) is 13.0 Å². The SMILES string of the molecule is Nc1c(Cl)cc(C(=O)NCCc2cnc[nH]2)cc1[N+](=O)[O-]. The normalized spacial score (nSPS) is 10.3. The second kappa shape index (κ2) is 6.23. The minimum atomic E-state index is -0.678. The Balaban J connectivity index is 2.07. The average Bonchev–Trinajstić information content (AvgIpc) is 2.94. The lowest BCUT2D eigenvalue weighted by Gasteiger charge is -2.06. The molecule has 0 aliphatic rings. The molecule has 1 aromatic carbocycles. The van der Waals surface area contributed by atoms with Gasteiger partial charge in [-0.25, -0.2) is 4.98 Å². The lowest BCUT2D eigenvalue weighted by Crippen LogP contribution is -2.26. The van der Waals surface area contributed by atoms with E-state index in [1.807, 2.05) is 0 Å². The number of halogens is 1. The minimum absolute atomic E-state index is 0.0251. The monoisotopic (exact) mass is 309 g/mol. The number of nitro groups is 1. The van der Waals surface area contributed by atoms with Crippen LogP contribution in [0.5, 0.6) is 0 Å². The maximum Gasteiger partial charge on any atom is 0.294 e. The summed E-state index contributed by atoms with van der Waals surface area (Å²) in [5.41, 5.74) is 5.92. The number of hydrogen-bond donors (Lipinski definition) is 3. The smallest absolute Gasteiger partial charge is 0.294 e. The van der Waals surface area contributed by atoms with Crippen molar-refractivity contribution in [1.29, 1.82) is 0 Å². The summed E-state index contributed by atoms with van der Waals surface area (Å²) >= 11 is 5.80. The fourth-order valence-electron chi connectivity index (χ4n) is 1.72. The number of rotatable bonds is 5. The number of imidazole rings is 1. The van der Waals surface area contributed by atoms with E-state index >= 15 is 0 Å². The Kier molecular flexibility index (Phi) is 4.39. The molecule has 0 saturated carbocycles. The highest BCUT2D eigenvalue weighted by Gasteiger charge is 2.19. The van der Waals surface area contributed by atoms with Crippen LogP contribution in [-0.2, 0) is 6.42 Å². The fraction of sp³-hybridized carbons (Fsp3) is 0.167. The van der Waals surface area contributed by atoms with Crippen LogP contribution in [0.2, 0.25) is 5.02 Å². The van der Waals surface area contributed by atoms with Gasteiger partial charge >= 0.3 is 0 Å². The molecule has 0 atom stereocenters. The first-order valence-electron chi connectivity index (χ1n) is 5.98. The Morgan fingerprint density at radius 3 is 2.90 bits per heavy atom. The van der Waals surface area contributed by atoms with E-state index in [1.54, 1.807) is 12.5 Å². The maximum atomic E-state index is 12.0. The van der Waals surface area contributed by atoms with Gasteiger partial charge in [-0.1, -0.05) is 11.6 Å². The van der Waals surface area contributed by atoms with Crippen LogP contribution in [0.3, 0.4) is 0 Å². The van der Waals surface area contributed by atoms with Crippen LogP contribution in [-0.4, -0.2) is 27.3 Å². The third-order valence-corrected chi connectivity index (χ3v) is 3.11. The van der Waals surface area contributed by atoms with Gasteiger partial charge in [-0.2, -0.15) is 0 Å². The number of H-pyrrole nitrogens is 1. The van der Waals surface area contributed by atoms with E-state index < -0.39 is 10.8 Å². The molecule has 8 nitrogen and oxygen atoms in total. The Labute approximate surface area is 124 Å². The topological polar surface area (TPSA) is 127 Å². The van der Waals surface area contributed by atoms with Crippen molar-refractivity contribution in [2.24, 2.45) is 0 Å². The van der Waals surface area contributed by atoms with Crippen molar-refractivity contribution >= 4 is 28.9 Å². The highest BCUT2D eigenvalue weighted by molar-refractivity contribution is 6.34. The van der Waals surface area contributed by atoms with E-state index in [9.17, 15) is 14.9 Å². The van der Waals surface area contributed by atoms with Crippen molar-refractivity contribution in [3.63, 3.8) is 0 Å². The van der Waals surface area contributed by atoms with E-state index in [2.05, 4.69) is 15.3 Å². The Bertz CT molecular complexity index is 672. The molecule has 21 heavy (non-hydrogen) atoms. The average molecular weight is 310 g/mol. The molecule has 4 N–H and O–H groups in total. The molecule has 9 heteroatoms. The van der Waals surface area contributed by atoms with E-state index in [1.165, 1.54) is 6.07 Å². The molecule has 0 bridgehead atoms. The number of nitrogens with one attached hydrogen (secondary N) is 2. The van der Waals surface area contributed by atoms with Gasteiger partial charge in [0, 0.05) is 36.5 Å². The number of anilines is 1. The molecule has 1 heterocycles. The van der Waals surface area contributed by atoms with Gasteiger partial charge in [0.05, 0.1) is 16.3 Å². The van der Waals surface area contributed by atoms with Crippen molar-refractivity contribution < 1.29 is 9.72 Å². The summed E-state index contributed by atoms with van der Waals surface area (Å²) < 4.78 is 0. The third kappa shape index (κ3) is 3.48. The number of hydrogen-bond acceptors (Lipinski definition) is 5. The van der Waals surface area contributed by atoms with E-state index in [0.717, 1.165) is 11.8 Å². The summed E-state index contributed by atoms with van der Waals surface area (Å²) in [6, 6.07) is 2.40. The largest absolute Gasteiger partial charge is 0.392 e. The van der Waals surface area contributed by atoms with Crippen LogP contribution in [0, 0.1) is 10.1 Å². The molecule has 1 amide bonds. The second-order valence-electron chi connectivity index (χ2n) is 4.23. The molecule has 2 rings (SSSR count). The number of amides is 1. The first-order valence-corrected chi connectivity index (χ1v) is 6.35. The molecule has 0 aliphatic carbocycles. The van der Waals surface area contributed by atoms with Crippen molar-refractivity contribution in [1.82, 2.24) is 15.3 Å². The quantitative estimate of drug-likeness (QED) is 0.438. The van der Waals surface area contributed by atoms with Gasteiger partial charge in [-0.05, 0) is 6.07 Å². The Morgan fingerprint density at radius 2 is 2.29 bits per heavy atom. The predicted molar refractivity (Wildman–Crippen MR) is 77.1 cm³/mol. The van der Waals surface area contributed by atoms with Gasteiger partial charge in [-0.3, -0.25) is 14.9 Å². The van der Waals surface area contributed by atoms with Crippen molar-refractivity contribution in [3.05, 3.63) is 51.1 Å². The number of nitrogens with zero attached hydrogens (tertiary/aromatic N) is 2. The van der Waals surface area contributed by atoms with Crippen LogP contribution in [0.1, 0.15) is 16.1 Å². The van der Waals surface area contributed by atoms with Gasteiger partial charge in [0.25, 0.3) is 11.6 Å². The van der Waals surface area contributed by atoms with Gasteiger partial charge < -0.3 is 16.0 Å². The molecule has 0 aliphatic heterocycles. The number of carbonyl (C=O) groups is 1. The van der Waals surface area contributed by atoms with Gasteiger partial charge in [-0.15, -0.1) is 0 Å². The number of nitro benzene ring substituents is 1. The number of nitrogens with two attached hydrogens (primary N) is 1. The number of nitrogen functional groups attached to an aromatic ring is 1. The second-order valence-corrected chi connectivity index (χ2v) is 4.64. The zero-order chi connectivity index (χ0) is 15.4. The van der Waals surface area contributed by atoms with Crippen LogP contribution in [0.4, 0.5) is 11.4 Å². The zero-order valence-electron chi connectivity index (χ0n) is 10.8. The minimum Gasteiger partial charge on any atom is -0.392 e. The lowest BCUT2D eigenvalue weighted by molar-refractivity contribution is -0.383. The van der Waals surface area contributed by atoms with Gasteiger partial charge in [0.2, 0.25) is 0 Å². The summed E-state index contributed by atoms with van der Waals surface area (Å²) in [7, 11) is 0. The lowest BCUT2D eigenvalue weighted by atomic mass is 10.1. The van der Waals surface area contributed by atoms with Crippen LogP contribution >= 0.6 is 11.6 Å². The first-order chi connectivity index (χ1) is 9.99. The van der Waals surface area contributed by atoms with Crippen LogP contribution < -0.4 is 11.1 Å². The summed E-state index contributed by atoms with van der Waals surface area (Å²) in [6.45, 7) is 0.358. The highest BCUT2D eigenvalue weighted by atomic mass is 35.5. The van der Waals surface area contributed by atoms with Gasteiger partial charge in [0.15, 0.2) is 0 Å². The first kappa shape index (κ1) is 14.8. The van der Waals surface area contributed by atoms with Crippen molar-refractivity contribution in [2.75, 3.05) is 12.3 Å². The molecule has 1 aromatic heterocycles. The molecule has 0 radical (unpaired) electrons. The molecule has 0 saturated heterocycles. The summed E-state index contributed by atoms with van der Waals surface area (Å²) in [5, 5.41) is 13.5. The predicted octanol–water partition coefficient (Wildman–Crippen LogP) is 1.53. The summed E-state index contributed by atoms with van der Waals surface area (Å²) in [5.74, 6) is -0.459. The molecule has 110 valence electrons. The maximum absolute atomic E-state index is 12.0. The van der Waals surface area contributed by atoms with Crippen molar-refractivity contribution in [3.8, 4) is 0 Å². The Hall–Kier alpha value is -2.61. The molecule has 2 aromatic rings. The summed E-state index contributed by atoms with van der Waals surface area (Å²) in [4.78, 5) is 28.9. The highest BCUT2D eigenvalue weighted by Crippen LogP contribution is 2.30. The molecule has 0 spiro atoms. The number of carbonyl (C=O) groups excluding carboxylic acids is 1. The Morgan fingerprint density at radius 1 is 1.52 bits per heavy atom.